The highest BCUT2D eigenvalue weighted by atomic mass is 32.2. The molecule has 1 atom stereocenters. The third kappa shape index (κ3) is 3.38. The highest BCUT2D eigenvalue weighted by molar-refractivity contribution is 7.99. The van der Waals surface area contributed by atoms with Crippen LogP contribution in [0.4, 0.5) is 0 Å². The van der Waals surface area contributed by atoms with Crippen molar-refractivity contribution in [2.45, 2.75) is 24.3 Å². The molecule has 0 saturated carbocycles. The van der Waals surface area contributed by atoms with Gasteiger partial charge in [-0.2, -0.15) is 0 Å². The average Bonchev–Trinajstić information content (AvgIpc) is 3.02. The summed E-state index contributed by atoms with van der Waals surface area (Å²) in [7, 11) is 1.95. The predicted molar refractivity (Wildman–Crippen MR) is 108 cm³/mol. The second kappa shape index (κ2) is 7.00. The molecule has 0 aliphatic carbocycles. The summed E-state index contributed by atoms with van der Waals surface area (Å²) in [6.07, 6.45) is 0. The zero-order valence-corrected chi connectivity index (χ0v) is 16.1. The van der Waals surface area contributed by atoms with Gasteiger partial charge in [0.05, 0.1) is 16.2 Å². The maximum absolute atomic E-state index is 12.3. The van der Waals surface area contributed by atoms with Crippen LogP contribution >= 0.6 is 11.8 Å². The van der Waals surface area contributed by atoms with Gasteiger partial charge in [-0.05, 0) is 32.0 Å². The van der Waals surface area contributed by atoms with Crippen LogP contribution in [0.15, 0.2) is 58.5 Å². The molecule has 0 aliphatic rings. The van der Waals surface area contributed by atoms with Gasteiger partial charge in [0.2, 0.25) is 0 Å². The number of nitrogens with zero attached hydrogens (tertiary/aromatic N) is 4. The fourth-order valence-electron chi connectivity index (χ4n) is 2.96. The lowest BCUT2D eigenvalue weighted by molar-refractivity contribution is 0.786. The van der Waals surface area contributed by atoms with E-state index in [9.17, 15) is 4.79 Å². The molecular formula is C20H19N5OS. The molecule has 2 heterocycles. The molecule has 2 aromatic heterocycles. The quantitative estimate of drug-likeness (QED) is 0.546. The number of rotatable bonds is 4. The van der Waals surface area contributed by atoms with Crippen molar-refractivity contribution < 1.29 is 0 Å². The molecule has 0 bridgehead atoms. The summed E-state index contributed by atoms with van der Waals surface area (Å²) in [6.45, 7) is 4.05. The topological polar surface area (TPSA) is 76.5 Å². The summed E-state index contributed by atoms with van der Waals surface area (Å²) in [5.74, 6) is 1.44. The van der Waals surface area contributed by atoms with Crippen LogP contribution in [0.1, 0.15) is 23.6 Å². The van der Waals surface area contributed by atoms with Gasteiger partial charge in [-0.25, -0.2) is 4.98 Å². The summed E-state index contributed by atoms with van der Waals surface area (Å²) in [4.78, 5) is 19.8. The first kappa shape index (κ1) is 17.5. The van der Waals surface area contributed by atoms with Crippen LogP contribution in [-0.2, 0) is 7.05 Å². The molecule has 6 nitrogen and oxygen atoms in total. The average molecular weight is 377 g/mol. The Morgan fingerprint density at radius 2 is 1.93 bits per heavy atom. The third-order valence-electron chi connectivity index (χ3n) is 4.41. The van der Waals surface area contributed by atoms with Crippen LogP contribution in [0.2, 0.25) is 0 Å². The highest BCUT2D eigenvalue weighted by Crippen LogP contribution is 2.33. The molecule has 0 radical (unpaired) electrons. The van der Waals surface area contributed by atoms with E-state index < -0.39 is 0 Å². The zero-order valence-electron chi connectivity index (χ0n) is 15.3. The van der Waals surface area contributed by atoms with Gasteiger partial charge in [-0.15, -0.1) is 10.2 Å². The van der Waals surface area contributed by atoms with Crippen molar-refractivity contribution in [1.29, 1.82) is 0 Å². The van der Waals surface area contributed by atoms with Gasteiger partial charge in [0.15, 0.2) is 11.0 Å². The number of benzene rings is 2. The Morgan fingerprint density at radius 3 is 2.74 bits per heavy atom. The van der Waals surface area contributed by atoms with E-state index in [0.717, 1.165) is 16.5 Å². The number of hydrogen-bond acceptors (Lipinski definition) is 5. The molecule has 0 amide bonds. The van der Waals surface area contributed by atoms with Crippen LogP contribution in [-0.4, -0.2) is 24.7 Å². The van der Waals surface area contributed by atoms with Crippen molar-refractivity contribution in [3.63, 3.8) is 0 Å². The van der Waals surface area contributed by atoms with E-state index >= 15 is 0 Å². The van der Waals surface area contributed by atoms with Crippen molar-refractivity contribution in [2.24, 2.45) is 7.05 Å². The molecule has 27 heavy (non-hydrogen) atoms. The predicted octanol–water partition coefficient (Wildman–Crippen LogP) is 3.88. The third-order valence-corrected chi connectivity index (χ3v) is 5.55. The van der Waals surface area contributed by atoms with Gasteiger partial charge in [-0.1, -0.05) is 47.7 Å². The van der Waals surface area contributed by atoms with Crippen LogP contribution < -0.4 is 5.56 Å². The maximum Gasteiger partial charge on any atom is 0.258 e. The minimum absolute atomic E-state index is 0.0736. The molecule has 1 unspecified atom stereocenters. The largest absolute Gasteiger partial charge is 0.309 e. The molecule has 7 heteroatoms. The second-order valence-electron chi connectivity index (χ2n) is 6.46. The molecule has 4 aromatic rings. The van der Waals surface area contributed by atoms with Crippen molar-refractivity contribution in [2.75, 3.05) is 0 Å². The van der Waals surface area contributed by atoms with E-state index in [1.54, 1.807) is 6.07 Å². The number of fused-ring (bicyclic) bond motifs is 1. The fraction of sp³-hybridized carbons (Fsp3) is 0.200. The summed E-state index contributed by atoms with van der Waals surface area (Å²) in [6, 6.07) is 15.5. The number of para-hydroxylation sites is 1. The number of nitrogens with one attached hydrogen (secondary N) is 1. The molecule has 0 saturated heterocycles. The summed E-state index contributed by atoms with van der Waals surface area (Å²) >= 11 is 1.52. The van der Waals surface area contributed by atoms with Gasteiger partial charge in [-0.3, -0.25) is 4.79 Å². The Balaban J connectivity index is 1.64. The first-order chi connectivity index (χ1) is 13.0. The van der Waals surface area contributed by atoms with Crippen LogP contribution in [0.5, 0.6) is 0 Å². The number of H-pyrrole nitrogens is 1. The van der Waals surface area contributed by atoms with Gasteiger partial charge in [0.25, 0.3) is 5.56 Å². The SMILES string of the molecule is Cc1cccc(-c2nnc(SC(C)c3nc4ccccc4c(=O)[nH]3)n2C)c1. The Morgan fingerprint density at radius 1 is 1.11 bits per heavy atom. The van der Waals surface area contributed by atoms with Crippen LogP contribution in [0.25, 0.3) is 22.3 Å². The first-order valence-electron chi connectivity index (χ1n) is 8.65. The molecule has 136 valence electrons. The number of hydrogen-bond donors (Lipinski definition) is 1. The van der Waals surface area contributed by atoms with Gasteiger partial charge in [0, 0.05) is 12.6 Å². The van der Waals surface area contributed by atoms with E-state index in [2.05, 4.69) is 39.2 Å². The number of thioether (sulfide) groups is 1. The molecule has 4 rings (SSSR count). The van der Waals surface area contributed by atoms with Gasteiger partial charge in [0.1, 0.15) is 5.82 Å². The molecular weight excluding hydrogens is 358 g/mol. The van der Waals surface area contributed by atoms with Crippen molar-refractivity contribution in [3.8, 4) is 11.4 Å². The Labute approximate surface area is 160 Å². The van der Waals surface area contributed by atoms with Gasteiger partial charge < -0.3 is 9.55 Å². The summed E-state index contributed by atoms with van der Waals surface area (Å²) in [5, 5.41) is 9.96. The van der Waals surface area contributed by atoms with Crippen LogP contribution in [0.3, 0.4) is 0 Å². The Kier molecular flexibility index (Phi) is 4.53. The summed E-state index contributed by atoms with van der Waals surface area (Å²) in [5.41, 5.74) is 2.78. The van der Waals surface area contributed by atoms with Crippen LogP contribution in [0, 0.1) is 6.92 Å². The smallest absolute Gasteiger partial charge is 0.258 e. The monoisotopic (exact) mass is 377 g/mol. The number of aryl methyl sites for hydroxylation is 1. The maximum atomic E-state index is 12.3. The molecule has 0 aliphatic heterocycles. The minimum atomic E-state index is -0.124. The Bertz CT molecular complexity index is 1180. The molecule has 0 spiro atoms. The van der Waals surface area contributed by atoms with Crippen molar-refractivity contribution in [1.82, 2.24) is 24.7 Å². The van der Waals surface area contributed by atoms with E-state index in [1.165, 1.54) is 17.3 Å². The molecule has 0 fully saturated rings. The number of aromatic nitrogens is 5. The lowest BCUT2D eigenvalue weighted by atomic mass is 10.1. The summed E-state index contributed by atoms with van der Waals surface area (Å²) < 4.78 is 1.97. The lowest BCUT2D eigenvalue weighted by Crippen LogP contribution is -2.13. The fourth-order valence-corrected chi connectivity index (χ4v) is 3.84. The second-order valence-corrected chi connectivity index (χ2v) is 7.77. The molecule has 1 N–H and O–H groups in total. The first-order valence-corrected chi connectivity index (χ1v) is 9.53. The van der Waals surface area contributed by atoms with E-state index in [4.69, 9.17) is 0 Å². The van der Waals surface area contributed by atoms with Gasteiger partial charge >= 0.3 is 0 Å². The zero-order chi connectivity index (χ0) is 19.0. The molecule has 2 aromatic carbocycles. The minimum Gasteiger partial charge on any atom is -0.309 e. The Hall–Kier alpha value is -2.93. The van der Waals surface area contributed by atoms with Crippen molar-refractivity contribution >= 4 is 22.7 Å². The lowest BCUT2D eigenvalue weighted by Gasteiger charge is -2.11. The number of aromatic amines is 1. The highest BCUT2D eigenvalue weighted by Gasteiger charge is 2.18. The standard InChI is InChI=1S/C20H19N5OS/c1-12-7-6-8-14(11-12)18-23-24-20(25(18)3)27-13(2)17-21-16-10-5-4-9-15(16)19(26)22-17/h4-11,13H,1-3H3,(H,21,22,26). The van der Waals surface area contributed by atoms with Crippen molar-refractivity contribution in [3.05, 3.63) is 70.3 Å². The normalized spacial score (nSPS) is 12.4. The van der Waals surface area contributed by atoms with E-state index in [0.29, 0.717) is 16.7 Å². The van der Waals surface area contributed by atoms with E-state index in [-0.39, 0.29) is 10.8 Å². The van der Waals surface area contributed by atoms with E-state index in [1.807, 2.05) is 48.9 Å².